The van der Waals surface area contributed by atoms with Gasteiger partial charge in [-0.1, -0.05) is 72.9 Å². The summed E-state index contributed by atoms with van der Waals surface area (Å²) in [6, 6.07) is 11.8. The van der Waals surface area contributed by atoms with Crippen LogP contribution in [0.5, 0.6) is 0 Å². The SMILES string of the molecule is CCCNC(=O)[C@H](CC)N(Cc1ccc(Cl)c(Cl)c1)C(=O)Cc1ccccc1Cl. The molecule has 0 saturated carbocycles. The molecule has 0 radical (unpaired) electrons. The number of nitrogens with one attached hydrogen (secondary N) is 1. The molecule has 156 valence electrons. The molecule has 2 aromatic carbocycles. The number of hydrogen-bond donors (Lipinski definition) is 1. The number of nitrogens with zero attached hydrogens (tertiary/aromatic N) is 1. The minimum atomic E-state index is -0.592. The summed E-state index contributed by atoms with van der Waals surface area (Å²) < 4.78 is 0. The first-order valence-corrected chi connectivity index (χ1v) is 10.7. The van der Waals surface area contributed by atoms with E-state index in [4.69, 9.17) is 34.8 Å². The van der Waals surface area contributed by atoms with E-state index in [1.54, 1.807) is 29.2 Å². The normalized spacial score (nSPS) is 11.8. The Morgan fingerprint density at radius 1 is 1.00 bits per heavy atom. The van der Waals surface area contributed by atoms with Gasteiger partial charge in [0.2, 0.25) is 11.8 Å². The molecule has 0 heterocycles. The summed E-state index contributed by atoms with van der Waals surface area (Å²) in [7, 11) is 0. The van der Waals surface area contributed by atoms with Crippen LogP contribution < -0.4 is 5.32 Å². The van der Waals surface area contributed by atoms with Crippen LogP contribution in [0.4, 0.5) is 0 Å². The zero-order valence-corrected chi connectivity index (χ0v) is 18.8. The fraction of sp³-hybridized carbons (Fsp3) is 0.364. The van der Waals surface area contributed by atoms with Gasteiger partial charge in [0.15, 0.2) is 0 Å². The summed E-state index contributed by atoms with van der Waals surface area (Å²) in [6.07, 6.45) is 1.42. The number of rotatable bonds is 9. The minimum Gasteiger partial charge on any atom is -0.354 e. The second-order valence-electron chi connectivity index (χ2n) is 6.75. The monoisotopic (exact) mass is 454 g/mol. The molecular formula is C22H25Cl3N2O2. The van der Waals surface area contributed by atoms with Gasteiger partial charge in [0.25, 0.3) is 0 Å². The van der Waals surface area contributed by atoms with Crippen LogP contribution in [0.15, 0.2) is 42.5 Å². The van der Waals surface area contributed by atoms with Gasteiger partial charge < -0.3 is 10.2 Å². The van der Waals surface area contributed by atoms with E-state index in [1.165, 1.54) is 0 Å². The Morgan fingerprint density at radius 2 is 1.72 bits per heavy atom. The van der Waals surface area contributed by atoms with Gasteiger partial charge in [-0.05, 0) is 42.2 Å². The zero-order chi connectivity index (χ0) is 21.4. The molecule has 0 aliphatic heterocycles. The number of carbonyl (C=O) groups excluding carboxylic acids is 2. The Hall–Kier alpha value is -1.75. The second-order valence-corrected chi connectivity index (χ2v) is 7.97. The van der Waals surface area contributed by atoms with E-state index in [0.717, 1.165) is 17.5 Å². The molecule has 0 aliphatic carbocycles. The highest BCUT2D eigenvalue weighted by atomic mass is 35.5. The Bertz CT molecular complexity index is 858. The Morgan fingerprint density at radius 3 is 2.34 bits per heavy atom. The number of halogens is 3. The van der Waals surface area contributed by atoms with Crippen molar-refractivity contribution >= 4 is 46.6 Å². The minimum absolute atomic E-state index is 0.110. The third kappa shape index (κ3) is 6.63. The molecule has 2 amide bonds. The van der Waals surface area contributed by atoms with Crippen molar-refractivity contribution in [3.63, 3.8) is 0 Å². The van der Waals surface area contributed by atoms with E-state index < -0.39 is 6.04 Å². The molecule has 0 unspecified atom stereocenters. The van der Waals surface area contributed by atoms with Crippen molar-refractivity contribution in [3.8, 4) is 0 Å². The van der Waals surface area contributed by atoms with Crippen molar-refractivity contribution in [1.29, 1.82) is 0 Å². The van der Waals surface area contributed by atoms with Crippen LogP contribution in [0.3, 0.4) is 0 Å². The van der Waals surface area contributed by atoms with E-state index in [1.807, 2.05) is 32.0 Å². The molecule has 4 nitrogen and oxygen atoms in total. The van der Waals surface area contributed by atoms with Crippen LogP contribution in [-0.2, 0) is 22.6 Å². The lowest BCUT2D eigenvalue weighted by Gasteiger charge is -2.31. The van der Waals surface area contributed by atoms with Gasteiger partial charge in [0.1, 0.15) is 6.04 Å². The van der Waals surface area contributed by atoms with E-state index in [2.05, 4.69) is 5.32 Å². The summed E-state index contributed by atoms with van der Waals surface area (Å²) in [5.41, 5.74) is 1.52. The number of benzene rings is 2. The lowest BCUT2D eigenvalue weighted by molar-refractivity contribution is -0.140. The van der Waals surface area contributed by atoms with Gasteiger partial charge in [0, 0.05) is 18.1 Å². The first kappa shape index (κ1) is 23.5. The second kappa shape index (κ2) is 11.4. The molecule has 2 rings (SSSR count). The maximum absolute atomic E-state index is 13.2. The fourth-order valence-electron chi connectivity index (χ4n) is 3.03. The Kier molecular flexibility index (Phi) is 9.28. The van der Waals surface area contributed by atoms with Crippen LogP contribution in [-0.4, -0.2) is 29.3 Å². The first-order valence-electron chi connectivity index (χ1n) is 9.61. The highest BCUT2D eigenvalue weighted by Crippen LogP contribution is 2.25. The van der Waals surface area contributed by atoms with Gasteiger partial charge >= 0.3 is 0 Å². The maximum atomic E-state index is 13.2. The number of amides is 2. The standard InChI is InChI=1S/C22H25Cl3N2O2/c1-3-11-26-22(29)20(4-2)27(14-15-9-10-18(24)19(25)12-15)21(28)13-16-7-5-6-8-17(16)23/h5-10,12,20H,3-4,11,13-14H2,1-2H3,(H,26,29)/t20-/m0/s1. The van der Waals surface area contributed by atoms with Crippen molar-refractivity contribution in [2.45, 2.75) is 45.7 Å². The Balaban J connectivity index is 2.32. The van der Waals surface area contributed by atoms with E-state index in [0.29, 0.717) is 28.0 Å². The van der Waals surface area contributed by atoms with Gasteiger partial charge in [-0.25, -0.2) is 0 Å². The predicted octanol–water partition coefficient (Wildman–Crippen LogP) is 5.52. The van der Waals surface area contributed by atoms with Gasteiger partial charge in [-0.3, -0.25) is 9.59 Å². The smallest absolute Gasteiger partial charge is 0.242 e. The van der Waals surface area contributed by atoms with Crippen molar-refractivity contribution in [1.82, 2.24) is 10.2 Å². The van der Waals surface area contributed by atoms with Crippen LogP contribution in [0.1, 0.15) is 37.8 Å². The van der Waals surface area contributed by atoms with Crippen molar-refractivity contribution in [2.24, 2.45) is 0 Å². The molecule has 1 atom stereocenters. The molecule has 0 aromatic heterocycles. The molecule has 0 saturated heterocycles. The lowest BCUT2D eigenvalue weighted by Crippen LogP contribution is -2.49. The zero-order valence-electron chi connectivity index (χ0n) is 16.6. The van der Waals surface area contributed by atoms with Gasteiger partial charge in [0.05, 0.1) is 16.5 Å². The fourth-order valence-corrected chi connectivity index (χ4v) is 3.55. The molecule has 7 heteroatoms. The van der Waals surface area contributed by atoms with Gasteiger partial charge in [-0.15, -0.1) is 0 Å². The third-order valence-electron chi connectivity index (χ3n) is 4.57. The highest BCUT2D eigenvalue weighted by molar-refractivity contribution is 6.42. The molecule has 0 spiro atoms. The van der Waals surface area contributed by atoms with Gasteiger partial charge in [-0.2, -0.15) is 0 Å². The van der Waals surface area contributed by atoms with E-state index >= 15 is 0 Å². The van der Waals surface area contributed by atoms with Crippen molar-refractivity contribution in [3.05, 3.63) is 68.7 Å². The highest BCUT2D eigenvalue weighted by Gasteiger charge is 2.28. The van der Waals surface area contributed by atoms with Crippen LogP contribution in [0, 0.1) is 0 Å². The largest absolute Gasteiger partial charge is 0.354 e. The summed E-state index contributed by atoms with van der Waals surface area (Å²) in [4.78, 5) is 27.6. The van der Waals surface area contributed by atoms with Crippen LogP contribution in [0.25, 0.3) is 0 Å². The molecule has 0 aliphatic rings. The lowest BCUT2D eigenvalue weighted by atomic mass is 10.1. The molecule has 0 fully saturated rings. The summed E-state index contributed by atoms with van der Waals surface area (Å²) in [6.45, 7) is 4.69. The van der Waals surface area contributed by atoms with Crippen molar-refractivity contribution < 1.29 is 9.59 Å². The van der Waals surface area contributed by atoms with Crippen LogP contribution >= 0.6 is 34.8 Å². The average Bonchev–Trinajstić information content (AvgIpc) is 2.70. The average molecular weight is 456 g/mol. The van der Waals surface area contributed by atoms with Crippen LogP contribution in [0.2, 0.25) is 15.1 Å². The number of hydrogen-bond acceptors (Lipinski definition) is 2. The van der Waals surface area contributed by atoms with E-state index in [-0.39, 0.29) is 24.8 Å². The number of carbonyl (C=O) groups is 2. The summed E-state index contributed by atoms with van der Waals surface area (Å²) >= 11 is 18.4. The Labute approximate surface area is 187 Å². The molecule has 2 aromatic rings. The molecular weight excluding hydrogens is 431 g/mol. The van der Waals surface area contributed by atoms with E-state index in [9.17, 15) is 9.59 Å². The van der Waals surface area contributed by atoms with Crippen molar-refractivity contribution in [2.75, 3.05) is 6.54 Å². The third-order valence-corrected chi connectivity index (χ3v) is 5.68. The molecule has 29 heavy (non-hydrogen) atoms. The maximum Gasteiger partial charge on any atom is 0.242 e. The first-order chi connectivity index (χ1) is 13.9. The molecule has 0 bridgehead atoms. The molecule has 1 N–H and O–H groups in total. The summed E-state index contributed by atoms with van der Waals surface area (Å²) in [5.74, 6) is -0.343. The summed E-state index contributed by atoms with van der Waals surface area (Å²) in [5, 5.41) is 4.27. The predicted molar refractivity (Wildman–Crippen MR) is 120 cm³/mol. The quantitative estimate of drug-likeness (QED) is 0.541. The topological polar surface area (TPSA) is 49.4 Å².